The predicted molar refractivity (Wildman–Crippen MR) is 136 cm³/mol. The van der Waals surface area contributed by atoms with Gasteiger partial charge in [0.2, 0.25) is 17.7 Å². The third-order valence-corrected chi connectivity index (χ3v) is 6.52. The third kappa shape index (κ3) is 9.41. The maximum Gasteiger partial charge on any atom is 0.326 e. The minimum atomic E-state index is -1.26. The highest BCUT2D eigenvalue weighted by Gasteiger charge is 2.32. The fraction of sp³-hybridized carbons (Fsp3) is 0.583. The first kappa shape index (κ1) is 30.2. The van der Waals surface area contributed by atoms with Gasteiger partial charge in [0.1, 0.15) is 23.9 Å². The van der Waals surface area contributed by atoms with Crippen LogP contribution in [0.5, 0.6) is 5.75 Å². The number of nitrogens with two attached hydrogens (primary N) is 1. The van der Waals surface area contributed by atoms with Crippen LogP contribution in [-0.4, -0.2) is 63.8 Å². The van der Waals surface area contributed by atoms with E-state index in [1.165, 1.54) is 12.1 Å². The van der Waals surface area contributed by atoms with E-state index in [1.807, 2.05) is 20.8 Å². The molecule has 0 heterocycles. The summed E-state index contributed by atoms with van der Waals surface area (Å²) in [4.78, 5) is 50.1. The van der Waals surface area contributed by atoms with Crippen molar-refractivity contribution in [3.63, 3.8) is 0 Å². The third-order valence-electron chi connectivity index (χ3n) is 6.16. The maximum atomic E-state index is 13.0. The number of amides is 3. The molecule has 0 radical (unpaired) electrons. The molecule has 0 spiro atoms. The number of hydrogen-bond donors (Lipinski definition) is 7. The zero-order valence-electron chi connectivity index (χ0n) is 20.7. The number of rotatable bonds is 14. The van der Waals surface area contributed by atoms with E-state index < -0.39 is 47.9 Å². The predicted octanol–water partition coefficient (Wildman–Crippen LogP) is 0.823. The van der Waals surface area contributed by atoms with Crippen LogP contribution in [0.25, 0.3) is 0 Å². The van der Waals surface area contributed by atoms with Crippen LogP contribution < -0.4 is 21.7 Å². The zero-order chi connectivity index (χ0) is 26.7. The van der Waals surface area contributed by atoms with E-state index in [1.54, 1.807) is 19.1 Å². The highest BCUT2D eigenvalue weighted by atomic mass is 32.1. The summed E-state index contributed by atoms with van der Waals surface area (Å²) in [6, 6.07) is 1.86. The lowest BCUT2D eigenvalue weighted by Crippen LogP contribution is -2.59. The normalized spacial score (nSPS) is 16.2. The number of aromatic hydroxyl groups is 1. The number of carbonyl (C=O) groups excluding carboxylic acids is 3. The molecule has 0 aliphatic rings. The highest BCUT2D eigenvalue weighted by Crippen LogP contribution is 2.13. The summed E-state index contributed by atoms with van der Waals surface area (Å²) in [7, 11) is 0. The molecule has 0 saturated carbocycles. The van der Waals surface area contributed by atoms with Gasteiger partial charge in [-0.3, -0.25) is 14.4 Å². The van der Waals surface area contributed by atoms with Crippen LogP contribution in [0.3, 0.4) is 0 Å². The van der Waals surface area contributed by atoms with Crippen molar-refractivity contribution in [2.24, 2.45) is 17.6 Å². The smallest absolute Gasteiger partial charge is 0.326 e. The van der Waals surface area contributed by atoms with Crippen molar-refractivity contribution in [3.05, 3.63) is 29.8 Å². The lowest BCUT2D eigenvalue weighted by Gasteiger charge is -2.28. The molecule has 1 aromatic rings. The Kier molecular flexibility index (Phi) is 12.6. The highest BCUT2D eigenvalue weighted by molar-refractivity contribution is 7.80. The van der Waals surface area contributed by atoms with Gasteiger partial charge < -0.3 is 31.9 Å². The van der Waals surface area contributed by atoms with Gasteiger partial charge in [0.05, 0.1) is 6.04 Å². The summed E-state index contributed by atoms with van der Waals surface area (Å²) in [5, 5.41) is 26.6. The maximum absolute atomic E-state index is 13.0. The minimum Gasteiger partial charge on any atom is -0.508 e. The number of aliphatic carboxylic acids is 1. The second-order valence-electron chi connectivity index (χ2n) is 8.80. The standard InChI is InChI=1S/C24H38N4O6S/c1-5-13(3)19(25)22(31)28-20(14(4)6-2)23(32)27-18(12-35)21(30)26-17(24(33)34)11-15-7-9-16(29)10-8-15/h7-10,13-14,17-20,29,35H,5-6,11-12,25H2,1-4H3,(H,26,30)(H,27,32)(H,28,31)(H,33,34). The van der Waals surface area contributed by atoms with Crippen molar-refractivity contribution in [1.82, 2.24) is 16.0 Å². The van der Waals surface area contributed by atoms with Crippen LogP contribution in [0.1, 0.15) is 46.1 Å². The van der Waals surface area contributed by atoms with Crippen molar-refractivity contribution < 1.29 is 29.4 Å². The van der Waals surface area contributed by atoms with Gasteiger partial charge in [0, 0.05) is 12.2 Å². The summed E-state index contributed by atoms with van der Waals surface area (Å²) in [6.07, 6.45) is 1.27. The average molecular weight is 511 g/mol. The fourth-order valence-electron chi connectivity index (χ4n) is 3.26. The summed E-state index contributed by atoms with van der Waals surface area (Å²) in [6.45, 7) is 7.43. The molecular weight excluding hydrogens is 472 g/mol. The van der Waals surface area contributed by atoms with E-state index in [0.717, 1.165) is 0 Å². The van der Waals surface area contributed by atoms with Crippen molar-refractivity contribution >= 4 is 36.3 Å². The Morgan fingerprint density at radius 1 is 0.886 bits per heavy atom. The molecule has 0 saturated heterocycles. The molecule has 1 aromatic carbocycles. The number of nitrogens with one attached hydrogen (secondary N) is 3. The molecule has 0 aliphatic carbocycles. The number of phenolic OH excluding ortho intramolecular Hbond substituents is 1. The zero-order valence-corrected chi connectivity index (χ0v) is 21.5. The first-order valence-corrected chi connectivity index (χ1v) is 12.4. The molecule has 11 heteroatoms. The van der Waals surface area contributed by atoms with Gasteiger partial charge >= 0.3 is 5.97 Å². The lowest BCUT2D eigenvalue weighted by atomic mass is 9.95. The van der Waals surface area contributed by atoms with Crippen molar-refractivity contribution in [2.45, 2.75) is 71.1 Å². The number of carboxylic acids is 1. The van der Waals surface area contributed by atoms with Crippen molar-refractivity contribution in [2.75, 3.05) is 5.75 Å². The summed E-state index contributed by atoms with van der Waals surface area (Å²) in [5.74, 6) is -3.37. The second-order valence-corrected chi connectivity index (χ2v) is 9.16. The first-order chi connectivity index (χ1) is 16.4. The molecule has 6 atom stereocenters. The Morgan fingerprint density at radius 2 is 1.43 bits per heavy atom. The number of hydrogen-bond acceptors (Lipinski definition) is 7. The van der Waals surface area contributed by atoms with Gasteiger partial charge in [-0.05, 0) is 29.5 Å². The van der Waals surface area contributed by atoms with Crippen LogP contribution in [0.2, 0.25) is 0 Å². The van der Waals surface area contributed by atoms with Gasteiger partial charge in [-0.15, -0.1) is 0 Å². The molecule has 7 N–H and O–H groups in total. The number of phenols is 1. The van der Waals surface area contributed by atoms with E-state index in [9.17, 15) is 29.4 Å². The van der Waals surface area contributed by atoms with Gasteiger partial charge in [0.15, 0.2) is 0 Å². The summed E-state index contributed by atoms with van der Waals surface area (Å²) < 4.78 is 0. The van der Waals surface area contributed by atoms with Gasteiger partial charge in [0.25, 0.3) is 0 Å². The van der Waals surface area contributed by atoms with Crippen molar-refractivity contribution in [3.8, 4) is 5.75 Å². The van der Waals surface area contributed by atoms with E-state index >= 15 is 0 Å². The van der Waals surface area contributed by atoms with E-state index in [-0.39, 0.29) is 29.8 Å². The minimum absolute atomic E-state index is 0.0202. The molecule has 10 nitrogen and oxygen atoms in total. The molecule has 6 unspecified atom stereocenters. The topological polar surface area (TPSA) is 171 Å². The van der Waals surface area contributed by atoms with E-state index in [4.69, 9.17) is 5.73 Å². The molecule has 0 aliphatic heterocycles. The molecule has 3 amide bonds. The van der Waals surface area contributed by atoms with Gasteiger partial charge in [-0.1, -0.05) is 52.7 Å². The molecule has 196 valence electrons. The Hall–Kier alpha value is -2.79. The molecule has 1 rings (SSSR count). The average Bonchev–Trinajstić information content (AvgIpc) is 2.84. The Bertz CT molecular complexity index is 866. The van der Waals surface area contributed by atoms with Crippen molar-refractivity contribution in [1.29, 1.82) is 0 Å². The molecule has 0 aromatic heterocycles. The number of benzene rings is 1. The van der Waals surface area contributed by atoms with Gasteiger partial charge in [-0.25, -0.2) is 4.79 Å². The summed E-state index contributed by atoms with van der Waals surface area (Å²) in [5.41, 5.74) is 6.60. The quantitative estimate of drug-likeness (QED) is 0.182. The molecule has 0 bridgehead atoms. The molecular formula is C24H38N4O6S. The molecule has 0 fully saturated rings. The summed E-state index contributed by atoms with van der Waals surface area (Å²) >= 11 is 4.14. The van der Waals surface area contributed by atoms with Gasteiger partial charge in [-0.2, -0.15) is 12.6 Å². The lowest BCUT2D eigenvalue weighted by molar-refractivity contribution is -0.142. The second kappa shape index (κ2) is 14.6. The largest absolute Gasteiger partial charge is 0.508 e. The molecule has 35 heavy (non-hydrogen) atoms. The number of carbonyl (C=O) groups is 4. The van der Waals surface area contributed by atoms with Crippen LogP contribution in [-0.2, 0) is 25.6 Å². The number of carboxylic acid groups (broad SMARTS) is 1. The Labute approximate surface area is 211 Å². The van der Waals surface area contributed by atoms with Crippen LogP contribution >= 0.6 is 12.6 Å². The van der Waals surface area contributed by atoms with E-state index in [2.05, 4.69) is 28.6 Å². The Balaban J connectivity index is 2.92. The SMILES string of the molecule is CCC(C)C(N)C(=O)NC(C(=O)NC(CS)C(=O)NC(Cc1ccc(O)cc1)C(=O)O)C(C)CC. The van der Waals surface area contributed by atoms with Crippen LogP contribution in [0.15, 0.2) is 24.3 Å². The van der Waals surface area contributed by atoms with Crippen LogP contribution in [0.4, 0.5) is 0 Å². The monoisotopic (exact) mass is 510 g/mol. The van der Waals surface area contributed by atoms with E-state index in [0.29, 0.717) is 18.4 Å². The Morgan fingerprint density at radius 3 is 1.91 bits per heavy atom. The number of thiol groups is 1. The van der Waals surface area contributed by atoms with Crippen LogP contribution in [0, 0.1) is 11.8 Å². The fourth-order valence-corrected chi connectivity index (χ4v) is 3.52. The first-order valence-electron chi connectivity index (χ1n) is 11.7.